The molecule has 0 spiro atoms. The van der Waals surface area contributed by atoms with Crippen molar-refractivity contribution in [1.29, 1.82) is 0 Å². The summed E-state index contributed by atoms with van der Waals surface area (Å²) in [6, 6.07) is 0. The van der Waals surface area contributed by atoms with Crippen molar-refractivity contribution in [3.8, 4) is 0 Å². The van der Waals surface area contributed by atoms with Crippen LogP contribution in [0.5, 0.6) is 0 Å². The third-order valence-electron chi connectivity index (χ3n) is 1.64. The van der Waals surface area contributed by atoms with Crippen LogP contribution >= 0.6 is 15.9 Å². The van der Waals surface area contributed by atoms with Crippen LogP contribution in [0.25, 0.3) is 0 Å². The first-order valence-electron chi connectivity index (χ1n) is 4.55. The van der Waals surface area contributed by atoms with Gasteiger partial charge in [0.25, 0.3) is 0 Å². The van der Waals surface area contributed by atoms with E-state index in [1.54, 1.807) is 17.0 Å². The first-order chi connectivity index (χ1) is 7.22. The van der Waals surface area contributed by atoms with E-state index in [0.717, 1.165) is 4.47 Å². The Morgan fingerprint density at radius 1 is 1.80 bits per heavy atom. The molecule has 0 aromatic carbocycles. The fourth-order valence-corrected chi connectivity index (χ4v) is 1.29. The van der Waals surface area contributed by atoms with Crippen LogP contribution < -0.4 is 11.1 Å². The van der Waals surface area contributed by atoms with Crippen molar-refractivity contribution in [3.05, 3.63) is 29.5 Å². The van der Waals surface area contributed by atoms with Gasteiger partial charge in [-0.25, -0.2) is 0 Å². The zero-order chi connectivity index (χ0) is 11.1. The Labute approximate surface area is 97.2 Å². The lowest BCUT2D eigenvalue weighted by Gasteiger charge is -2.02. The minimum Gasteiger partial charge on any atom is -0.370 e. The Balaban J connectivity index is 2.28. The molecule has 0 amide bonds. The van der Waals surface area contributed by atoms with Crippen LogP contribution in [0.3, 0.4) is 0 Å². The maximum Gasteiger partial charge on any atom is 0.188 e. The Hall–Kier alpha value is -1.30. The third-order valence-corrected chi connectivity index (χ3v) is 2.05. The summed E-state index contributed by atoms with van der Waals surface area (Å²) in [5.41, 5.74) is 5.58. The van der Waals surface area contributed by atoms with Gasteiger partial charge in [-0.2, -0.15) is 5.10 Å². The number of aliphatic imine (C=N–C) groups is 1. The van der Waals surface area contributed by atoms with Gasteiger partial charge in [0.2, 0.25) is 0 Å². The number of nitrogens with one attached hydrogen (secondary N) is 1. The molecule has 0 unspecified atom stereocenters. The lowest BCUT2D eigenvalue weighted by molar-refractivity contribution is 0.624. The number of guanidine groups is 1. The molecular weight excluding hydrogens is 258 g/mol. The van der Waals surface area contributed by atoms with E-state index in [-0.39, 0.29) is 0 Å². The molecule has 1 aromatic rings. The highest BCUT2D eigenvalue weighted by Crippen LogP contribution is 2.05. The van der Waals surface area contributed by atoms with Gasteiger partial charge in [0.05, 0.1) is 23.8 Å². The highest BCUT2D eigenvalue weighted by atomic mass is 79.9. The van der Waals surface area contributed by atoms with Gasteiger partial charge >= 0.3 is 0 Å². The number of hydrogen-bond donors (Lipinski definition) is 2. The average molecular weight is 272 g/mol. The molecule has 0 saturated heterocycles. The summed E-state index contributed by atoms with van der Waals surface area (Å²) in [6.07, 6.45) is 5.36. The summed E-state index contributed by atoms with van der Waals surface area (Å²) in [5.74, 6) is 0.432. The van der Waals surface area contributed by atoms with Crippen molar-refractivity contribution in [2.24, 2.45) is 10.7 Å². The summed E-state index contributed by atoms with van der Waals surface area (Å²) in [6.45, 7) is 5.51. The van der Waals surface area contributed by atoms with Gasteiger partial charge in [-0.05, 0) is 15.9 Å². The predicted octanol–water partition coefficient (Wildman–Crippen LogP) is 0.736. The predicted molar refractivity (Wildman–Crippen MR) is 64.6 cm³/mol. The van der Waals surface area contributed by atoms with Crippen LogP contribution in [0.15, 0.2) is 34.5 Å². The number of nitrogens with zero attached hydrogens (tertiary/aromatic N) is 3. The van der Waals surface area contributed by atoms with Gasteiger partial charge in [-0.1, -0.05) is 6.08 Å². The van der Waals surface area contributed by atoms with Crippen molar-refractivity contribution >= 4 is 21.9 Å². The molecule has 0 aliphatic heterocycles. The van der Waals surface area contributed by atoms with Gasteiger partial charge < -0.3 is 11.1 Å². The molecule has 1 heterocycles. The summed E-state index contributed by atoms with van der Waals surface area (Å²) in [7, 11) is 0. The number of halogens is 1. The van der Waals surface area contributed by atoms with Crippen molar-refractivity contribution in [2.45, 2.75) is 6.54 Å². The van der Waals surface area contributed by atoms with E-state index in [0.29, 0.717) is 25.6 Å². The Morgan fingerprint density at radius 3 is 3.20 bits per heavy atom. The Morgan fingerprint density at radius 2 is 2.60 bits per heavy atom. The van der Waals surface area contributed by atoms with Crippen LogP contribution in [0.2, 0.25) is 0 Å². The molecule has 3 N–H and O–H groups in total. The minimum atomic E-state index is 0.432. The van der Waals surface area contributed by atoms with Gasteiger partial charge in [0.15, 0.2) is 5.96 Å². The van der Waals surface area contributed by atoms with Gasteiger partial charge in [-0.3, -0.25) is 9.67 Å². The molecular formula is C9H14BrN5. The third kappa shape index (κ3) is 4.64. The zero-order valence-electron chi connectivity index (χ0n) is 8.36. The molecule has 5 nitrogen and oxygen atoms in total. The van der Waals surface area contributed by atoms with Crippen LogP contribution in [0.4, 0.5) is 0 Å². The molecule has 6 heteroatoms. The van der Waals surface area contributed by atoms with Crippen molar-refractivity contribution in [3.63, 3.8) is 0 Å². The summed E-state index contributed by atoms with van der Waals surface area (Å²) in [4.78, 5) is 4.13. The molecule has 0 saturated carbocycles. The highest BCUT2D eigenvalue weighted by molar-refractivity contribution is 9.10. The lowest BCUT2D eigenvalue weighted by atomic mass is 10.6. The molecule has 1 aromatic heterocycles. The maximum atomic E-state index is 5.58. The van der Waals surface area contributed by atoms with Crippen molar-refractivity contribution in [1.82, 2.24) is 15.1 Å². The Bertz CT molecular complexity index is 344. The van der Waals surface area contributed by atoms with E-state index < -0.39 is 0 Å². The molecule has 0 bridgehead atoms. The molecule has 0 aliphatic rings. The topological polar surface area (TPSA) is 68.2 Å². The largest absolute Gasteiger partial charge is 0.370 e. The number of hydrogen-bond acceptors (Lipinski definition) is 2. The van der Waals surface area contributed by atoms with E-state index in [2.05, 4.69) is 37.9 Å². The molecule has 82 valence electrons. The van der Waals surface area contributed by atoms with Crippen LogP contribution in [-0.4, -0.2) is 28.8 Å². The van der Waals surface area contributed by atoms with Crippen LogP contribution in [0, 0.1) is 0 Å². The van der Waals surface area contributed by atoms with E-state index in [1.807, 2.05) is 6.20 Å². The second-order valence-electron chi connectivity index (χ2n) is 2.86. The summed E-state index contributed by atoms with van der Waals surface area (Å²) >= 11 is 3.32. The smallest absolute Gasteiger partial charge is 0.188 e. The number of aromatic nitrogens is 2. The van der Waals surface area contributed by atoms with E-state index >= 15 is 0 Å². The van der Waals surface area contributed by atoms with Crippen LogP contribution in [-0.2, 0) is 6.54 Å². The SMILES string of the molecule is C=CCNC(N)=NCCn1cc(Br)cn1. The fraction of sp³-hybridized carbons (Fsp3) is 0.333. The molecule has 0 fully saturated rings. The maximum absolute atomic E-state index is 5.58. The zero-order valence-corrected chi connectivity index (χ0v) is 9.94. The minimum absolute atomic E-state index is 0.432. The first-order valence-corrected chi connectivity index (χ1v) is 5.34. The highest BCUT2D eigenvalue weighted by Gasteiger charge is 1.94. The molecule has 1 rings (SSSR count). The lowest BCUT2D eigenvalue weighted by Crippen LogP contribution is -2.32. The average Bonchev–Trinajstić information content (AvgIpc) is 2.61. The van der Waals surface area contributed by atoms with Gasteiger partial charge in [-0.15, -0.1) is 6.58 Å². The van der Waals surface area contributed by atoms with E-state index in [1.165, 1.54) is 0 Å². The standard InChI is InChI=1S/C9H14BrN5/c1-2-3-12-9(11)13-4-5-15-7-8(10)6-14-15/h2,6-7H,1,3-5H2,(H3,11,12,13). The van der Waals surface area contributed by atoms with E-state index in [9.17, 15) is 0 Å². The monoisotopic (exact) mass is 271 g/mol. The summed E-state index contributed by atoms with van der Waals surface area (Å²) in [5, 5.41) is 6.99. The Kier molecular flexibility index (Phi) is 4.89. The number of nitrogens with two attached hydrogens (primary N) is 1. The van der Waals surface area contributed by atoms with Gasteiger partial charge in [0.1, 0.15) is 0 Å². The van der Waals surface area contributed by atoms with E-state index in [4.69, 9.17) is 5.73 Å². The molecule has 15 heavy (non-hydrogen) atoms. The second kappa shape index (κ2) is 6.23. The normalized spacial score (nSPS) is 11.4. The molecule has 0 atom stereocenters. The van der Waals surface area contributed by atoms with Crippen molar-refractivity contribution in [2.75, 3.05) is 13.1 Å². The summed E-state index contributed by atoms with van der Waals surface area (Å²) < 4.78 is 2.76. The number of rotatable bonds is 5. The molecule has 0 aliphatic carbocycles. The van der Waals surface area contributed by atoms with Gasteiger partial charge in [0, 0.05) is 12.7 Å². The van der Waals surface area contributed by atoms with Crippen molar-refractivity contribution < 1.29 is 0 Å². The first kappa shape index (κ1) is 11.8. The molecule has 0 radical (unpaired) electrons. The van der Waals surface area contributed by atoms with Crippen LogP contribution in [0.1, 0.15) is 0 Å². The quantitative estimate of drug-likeness (QED) is 0.472. The second-order valence-corrected chi connectivity index (χ2v) is 3.77. The fourth-order valence-electron chi connectivity index (χ4n) is 0.966.